The highest BCUT2D eigenvalue weighted by Gasteiger charge is 2.11. The third-order valence-corrected chi connectivity index (χ3v) is 10.0. The SMILES string of the molecule is C=CC(=O)OCCCCCCOc1ccc(/C=C/C(=O)Oc2ccc(OC(=O)/C=C/c3ccc(OCCCCCCOC(=O)C=C)cc3)c(/C=N/Nc3nc4ccccc4s3)c2)cc1. The van der Waals surface area contributed by atoms with Gasteiger partial charge in [-0.15, -0.1) is 0 Å². The zero-order valence-corrected chi connectivity index (χ0v) is 36.3. The number of rotatable bonds is 27. The molecule has 4 aromatic carbocycles. The van der Waals surface area contributed by atoms with Crippen LogP contribution in [0.2, 0.25) is 0 Å². The summed E-state index contributed by atoms with van der Waals surface area (Å²) >= 11 is 1.44. The molecule has 0 aliphatic carbocycles. The fraction of sp³-hybridized carbons (Fsp3) is 0.240. The standard InChI is InChI=1S/C50H51N3O10S/c1-3-46(54)60-33-13-7-5-11-31-58-40-23-17-37(18-24-40)21-29-48(56)62-42-27-28-44(39(35-42)36-51-53-50-52-43-15-9-10-16-45(43)64-50)63-49(57)30-22-38-19-25-41(26-20-38)59-32-12-6-8-14-34-61-47(55)4-2/h3-4,9-10,15-30,35-36H,1-2,5-8,11-14,31-34H2,(H,52,53)/b29-21+,30-22+,51-36+. The molecule has 13 nitrogen and oxygen atoms in total. The number of anilines is 1. The van der Waals surface area contributed by atoms with Crippen LogP contribution in [0.15, 0.2) is 134 Å². The van der Waals surface area contributed by atoms with Crippen LogP contribution in [-0.4, -0.2) is 61.5 Å². The van der Waals surface area contributed by atoms with Crippen LogP contribution in [0.25, 0.3) is 22.4 Å². The Bertz CT molecular complexity index is 2370. The monoisotopic (exact) mass is 885 g/mol. The van der Waals surface area contributed by atoms with Gasteiger partial charge in [-0.05, 0) is 129 Å². The quantitative estimate of drug-likeness (QED) is 0.0133. The number of benzene rings is 4. The second kappa shape index (κ2) is 26.9. The number of thiazole rings is 1. The number of hydrogen-bond acceptors (Lipinski definition) is 14. The van der Waals surface area contributed by atoms with Crippen molar-refractivity contribution in [2.75, 3.05) is 31.9 Å². The number of ether oxygens (including phenoxy) is 6. The first kappa shape index (κ1) is 47.7. The van der Waals surface area contributed by atoms with E-state index in [4.69, 9.17) is 28.4 Å². The van der Waals surface area contributed by atoms with Gasteiger partial charge in [0.2, 0.25) is 5.13 Å². The van der Waals surface area contributed by atoms with Gasteiger partial charge in [0, 0.05) is 29.9 Å². The van der Waals surface area contributed by atoms with Crippen molar-refractivity contribution in [2.45, 2.75) is 51.4 Å². The van der Waals surface area contributed by atoms with E-state index >= 15 is 0 Å². The molecule has 14 heteroatoms. The first-order chi connectivity index (χ1) is 31.3. The van der Waals surface area contributed by atoms with Crippen LogP contribution in [0.3, 0.4) is 0 Å². The maximum absolute atomic E-state index is 13.0. The molecule has 5 rings (SSSR count). The molecule has 0 spiro atoms. The number of carbonyl (C=O) groups is 4. The van der Waals surface area contributed by atoms with E-state index in [0.29, 0.717) is 48.6 Å². The van der Waals surface area contributed by atoms with Crippen molar-refractivity contribution in [1.82, 2.24) is 4.98 Å². The summed E-state index contributed by atoms with van der Waals surface area (Å²) in [5.74, 6) is -0.227. The van der Waals surface area contributed by atoms with Gasteiger partial charge in [-0.1, -0.05) is 60.9 Å². The minimum Gasteiger partial charge on any atom is -0.494 e. The topological polar surface area (TPSA) is 161 Å². The number of hydrogen-bond donors (Lipinski definition) is 1. The zero-order chi connectivity index (χ0) is 45.2. The van der Waals surface area contributed by atoms with Crippen molar-refractivity contribution in [3.63, 3.8) is 0 Å². The highest BCUT2D eigenvalue weighted by molar-refractivity contribution is 7.22. The second-order valence-electron chi connectivity index (χ2n) is 14.0. The van der Waals surface area contributed by atoms with Crippen LogP contribution >= 0.6 is 11.3 Å². The van der Waals surface area contributed by atoms with Crippen LogP contribution in [0, 0.1) is 0 Å². The molecule has 0 amide bonds. The molecule has 1 aromatic heterocycles. The Morgan fingerprint density at radius 1 is 0.594 bits per heavy atom. The molecular formula is C50H51N3O10S. The third kappa shape index (κ3) is 17.6. The number of aromatic nitrogens is 1. The number of fused-ring (bicyclic) bond motifs is 1. The fourth-order valence-corrected chi connectivity index (χ4v) is 6.61. The Kier molecular flexibility index (Phi) is 20.1. The molecule has 1 heterocycles. The number of unbranched alkanes of at least 4 members (excludes halogenated alkanes) is 6. The molecule has 0 fully saturated rings. The summed E-state index contributed by atoms with van der Waals surface area (Å²) in [6.07, 6.45) is 16.7. The first-order valence-corrected chi connectivity index (χ1v) is 21.7. The maximum Gasteiger partial charge on any atom is 0.336 e. The summed E-state index contributed by atoms with van der Waals surface area (Å²) in [4.78, 5) is 52.6. The van der Waals surface area contributed by atoms with Crippen molar-refractivity contribution < 1.29 is 47.6 Å². The summed E-state index contributed by atoms with van der Waals surface area (Å²) in [5.41, 5.74) is 5.67. The molecule has 0 aliphatic rings. The van der Waals surface area contributed by atoms with Gasteiger partial charge in [0.25, 0.3) is 0 Å². The Labute approximate surface area is 376 Å². The lowest BCUT2D eigenvalue weighted by Gasteiger charge is -2.09. The predicted octanol–water partition coefficient (Wildman–Crippen LogP) is 10.3. The summed E-state index contributed by atoms with van der Waals surface area (Å²) in [6.45, 7) is 8.64. The van der Waals surface area contributed by atoms with Crippen molar-refractivity contribution in [1.29, 1.82) is 0 Å². The largest absolute Gasteiger partial charge is 0.494 e. The van der Waals surface area contributed by atoms with Gasteiger partial charge in [0.1, 0.15) is 23.0 Å². The highest BCUT2D eigenvalue weighted by atomic mass is 32.1. The highest BCUT2D eigenvalue weighted by Crippen LogP contribution is 2.27. The Morgan fingerprint density at radius 3 is 1.66 bits per heavy atom. The van der Waals surface area contributed by atoms with Gasteiger partial charge in [0.15, 0.2) is 0 Å². The van der Waals surface area contributed by atoms with E-state index in [-0.39, 0.29) is 11.5 Å². The number of hydrazone groups is 1. The van der Waals surface area contributed by atoms with Crippen molar-refractivity contribution >= 4 is 68.9 Å². The molecule has 0 saturated carbocycles. The molecule has 64 heavy (non-hydrogen) atoms. The normalized spacial score (nSPS) is 11.1. The van der Waals surface area contributed by atoms with Gasteiger partial charge in [0.05, 0.1) is 42.9 Å². The molecule has 0 atom stereocenters. The van der Waals surface area contributed by atoms with Gasteiger partial charge in [-0.3, -0.25) is 5.43 Å². The molecule has 0 saturated heterocycles. The average Bonchev–Trinajstić information content (AvgIpc) is 3.73. The molecule has 0 aliphatic heterocycles. The summed E-state index contributed by atoms with van der Waals surface area (Å²) in [5, 5.41) is 4.90. The lowest BCUT2D eigenvalue weighted by Crippen LogP contribution is -2.08. The van der Waals surface area contributed by atoms with Gasteiger partial charge in [-0.25, -0.2) is 24.2 Å². The van der Waals surface area contributed by atoms with Crippen LogP contribution in [0.1, 0.15) is 68.1 Å². The third-order valence-electron chi connectivity index (χ3n) is 9.09. The number of esters is 4. The van der Waals surface area contributed by atoms with E-state index in [0.717, 1.165) is 84.9 Å². The van der Waals surface area contributed by atoms with E-state index in [2.05, 4.69) is 28.7 Å². The molecule has 0 unspecified atom stereocenters. The molecular weight excluding hydrogens is 835 g/mol. The van der Waals surface area contributed by atoms with E-state index in [9.17, 15) is 19.2 Å². The van der Waals surface area contributed by atoms with E-state index in [1.54, 1.807) is 18.2 Å². The summed E-state index contributed by atoms with van der Waals surface area (Å²) < 4.78 is 33.9. The van der Waals surface area contributed by atoms with Crippen molar-refractivity contribution in [3.05, 3.63) is 145 Å². The zero-order valence-electron chi connectivity index (χ0n) is 35.5. The van der Waals surface area contributed by atoms with E-state index in [1.165, 1.54) is 41.8 Å². The molecule has 0 bridgehead atoms. The Hall–Kier alpha value is -7.32. The number of carbonyl (C=O) groups excluding carboxylic acids is 4. The van der Waals surface area contributed by atoms with Crippen LogP contribution in [-0.2, 0) is 28.7 Å². The first-order valence-electron chi connectivity index (χ1n) is 20.9. The van der Waals surface area contributed by atoms with E-state index in [1.807, 2.05) is 72.8 Å². The predicted molar refractivity (Wildman–Crippen MR) is 250 cm³/mol. The average molecular weight is 886 g/mol. The molecule has 5 aromatic rings. The molecule has 1 N–H and O–H groups in total. The minimum atomic E-state index is -0.627. The lowest BCUT2D eigenvalue weighted by atomic mass is 10.2. The summed E-state index contributed by atoms with van der Waals surface area (Å²) in [7, 11) is 0. The van der Waals surface area contributed by atoms with E-state index < -0.39 is 23.9 Å². The van der Waals surface area contributed by atoms with Gasteiger partial charge in [-0.2, -0.15) is 5.10 Å². The van der Waals surface area contributed by atoms with Crippen molar-refractivity contribution in [3.8, 4) is 23.0 Å². The fourth-order valence-electron chi connectivity index (χ4n) is 5.79. The minimum absolute atomic E-state index is 0.190. The van der Waals surface area contributed by atoms with Gasteiger partial charge >= 0.3 is 23.9 Å². The number of para-hydroxylation sites is 1. The van der Waals surface area contributed by atoms with Crippen molar-refractivity contribution in [2.24, 2.45) is 5.10 Å². The van der Waals surface area contributed by atoms with Gasteiger partial charge < -0.3 is 28.4 Å². The number of nitrogens with one attached hydrogen (secondary N) is 1. The lowest BCUT2D eigenvalue weighted by molar-refractivity contribution is -0.138. The molecule has 0 radical (unpaired) electrons. The second-order valence-corrected chi connectivity index (χ2v) is 15.0. The Balaban J connectivity index is 1.12. The summed E-state index contributed by atoms with van der Waals surface area (Å²) in [6, 6.07) is 27.0. The maximum atomic E-state index is 13.0. The Morgan fingerprint density at radius 2 is 1.11 bits per heavy atom. The van der Waals surface area contributed by atoms with Crippen LogP contribution in [0.5, 0.6) is 23.0 Å². The smallest absolute Gasteiger partial charge is 0.336 e. The van der Waals surface area contributed by atoms with Crippen LogP contribution < -0.4 is 24.4 Å². The van der Waals surface area contributed by atoms with Crippen LogP contribution in [0.4, 0.5) is 5.13 Å². The molecule has 332 valence electrons. The number of nitrogens with zero attached hydrogens (tertiary/aromatic N) is 2.